The van der Waals surface area contributed by atoms with Crippen LogP contribution in [0.1, 0.15) is 33.5 Å². The molecule has 2 unspecified atom stereocenters. The summed E-state index contributed by atoms with van der Waals surface area (Å²) in [5.74, 6) is -0.747. The van der Waals surface area contributed by atoms with Crippen LogP contribution in [0.3, 0.4) is 0 Å². The van der Waals surface area contributed by atoms with Gasteiger partial charge in [0.05, 0.1) is 17.0 Å². The summed E-state index contributed by atoms with van der Waals surface area (Å²) < 4.78 is 61.0. The van der Waals surface area contributed by atoms with Gasteiger partial charge < -0.3 is 4.74 Å². The first-order valence-corrected chi connectivity index (χ1v) is 9.19. The average molecular weight is 424 g/mol. The lowest BCUT2D eigenvalue weighted by molar-refractivity contribution is -0.135. The first-order valence-electron chi connectivity index (χ1n) is 8.37. The van der Waals surface area contributed by atoms with E-state index in [1.807, 2.05) is 0 Å². The summed E-state index contributed by atoms with van der Waals surface area (Å²) in [6.07, 6.45) is -6.36. The Hall–Kier alpha value is -2.81. The molecule has 150 valence electrons. The number of nitrogens with one attached hydrogen (secondary N) is 1. The van der Waals surface area contributed by atoms with Crippen molar-refractivity contribution in [1.29, 1.82) is 5.26 Å². The Bertz CT molecular complexity index is 1210. The molecule has 1 fully saturated rings. The lowest BCUT2D eigenvalue weighted by Crippen LogP contribution is -2.20. The number of halogens is 4. The normalized spacial score (nSPS) is 18.8. The van der Waals surface area contributed by atoms with Crippen molar-refractivity contribution in [3.63, 3.8) is 0 Å². The van der Waals surface area contributed by atoms with E-state index in [-0.39, 0.29) is 33.9 Å². The third kappa shape index (κ3) is 3.39. The zero-order valence-electron chi connectivity index (χ0n) is 14.7. The van der Waals surface area contributed by atoms with Crippen molar-refractivity contribution >= 4 is 16.3 Å². The molecular weight excluding hydrogens is 412 g/mol. The highest BCUT2D eigenvalue weighted by Gasteiger charge is 2.49. The molecule has 3 heterocycles. The van der Waals surface area contributed by atoms with Gasteiger partial charge in [-0.2, -0.15) is 18.4 Å². The summed E-state index contributed by atoms with van der Waals surface area (Å²) in [6.45, 7) is 0. The van der Waals surface area contributed by atoms with Gasteiger partial charge in [-0.15, -0.1) is 0 Å². The molecule has 1 aliphatic rings. The molecule has 0 aliphatic carbocycles. The number of nitrogens with zero attached hydrogens (tertiary/aromatic N) is 3. The SMILES string of the molecule is CNC1OC1c1c(C(F)(F)F)sc2nc(Cc3cccc(C#N)c3F)cc(=O)n12. The van der Waals surface area contributed by atoms with Crippen molar-refractivity contribution in [3.8, 4) is 6.07 Å². The molecule has 0 spiro atoms. The number of hydrogen-bond acceptors (Lipinski definition) is 6. The zero-order valence-corrected chi connectivity index (χ0v) is 15.6. The molecule has 3 aromatic rings. The van der Waals surface area contributed by atoms with Crippen LogP contribution in [0.2, 0.25) is 0 Å². The summed E-state index contributed by atoms with van der Waals surface area (Å²) in [4.78, 5) is 15.7. The predicted molar refractivity (Wildman–Crippen MR) is 94.9 cm³/mol. The van der Waals surface area contributed by atoms with Crippen LogP contribution in [0.4, 0.5) is 17.6 Å². The van der Waals surface area contributed by atoms with Gasteiger partial charge in [0, 0.05) is 12.5 Å². The highest BCUT2D eigenvalue weighted by Crippen LogP contribution is 2.46. The Morgan fingerprint density at radius 3 is 2.79 bits per heavy atom. The van der Waals surface area contributed by atoms with E-state index >= 15 is 0 Å². The second-order valence-corrected chi connectivity index (χ2v) is 7.33. The number of rotatable bonds is 4. The molecule has 1 saturated heterocycles. The Morgan fingerprint density at radius 2 is 2.17 bits per heavy atom. The second-order valence-electron chi connectivity index (χ2n) is 6.35. The van der Waals surface area contributed by atoms with Crippen LogP contribution in [0.5, 0.6) is 0 Å². The van der Waals surface area contributed by atoms with E-state index in [0.29, 0.717) is 11.3 Å². The number of likely N-dealkylation sites (N-methyl/N-ethyl adjacent to an activating group) is 1. The highest BCUT2D eigenvalue weighted by atomic mass is 32.1. The van der Waals surface area contributed by atoms with Crippen molar-refractivity contribution in [2.24, 2.45) is 0 Å². The highest BCUT2D eigenvalue weighted by molar-refractivity contribution is 7.17. The minimum absolute atomic E-state index is 0.104. The van der Waals surface area contributed by atoms with E-state index in [2.05, 4.69) is 10.3 Å². The Labute approximate surface area is 165 Å². The lowest BCUT2D eigenvalue weighted by Gasteiger charge is -2.06. The number of benzene rings is 1. The topological polar surface area (TPSA) is 82.7 Å². The molecule has 1 N–H and O–H groups in total. The fraction of sp³-hybridized carbons (Fsp3) is 0.278. The van der Waals surface area contributed by atoms with Crippen LogP contribution in [-0.4, -0.2) is 22.7 Å². The molecule has 6 nitrogen and oxygen atoms in total. The van der Waals surface area contributed by atoms with Gasteiger partial charge in [0.2, 0.25) is 0 Å². The molecule has 1 aliphatic heterocycles. The van der Waals surface area contributed by atoms with Gasteiger partial charge in [0.1, 0.15) is 29.1 Å². The number of hydrogen-bond donors (Lipinski definition) is 1. The van der Waals surface area contributed by atoms with Crippen LogP contribution in [0.25, 0.3) is 4.96 Å². The third-order valence-electron chi connectivity index (χ3n) is 4.48. The Morgan fingerprint density at radius 1 is 1.41 bits per heavy atom. The molecule has 2 aromatic heterocycles. The monoisotopic (exact) mass is 424 g/mol. The Balaban J connectivity index is 1.83. The second kappa shape index (κ2) is 6.91. The van der Waals surface area contributed by atoms with Gasteiger partial charge in [-0.05, 0) is 18.7 Å². The lowest BCUT2D eigenvalue weighted by atomic mass is 10.1. The van der Waals surface area contributed by atoms with Gasteiger partial charge in [-0.25, -0.2) is 9.37 Å². The molecule has 11 heteroatoms. The maximum atomic E-state index is 14.3. The number of nitriles is 1. The molecule has 0 saturated carbocycles. The van der Waals surface area contributed by atoms with Crippen LogP contribution in [0.15, 0.2) is 29.1 Å². The van der Waals surface area contributed by atoms with Gasteiger partial charge >= 0.3 is 6.18 Å². The van der Waals surface area contributed by atoms with Crippen LogP contribution in [-0.2, 0) is 17.3 Å². The van der Waals surface area contributed by atoms with Crippen molar-refractivity contribution in [2.75, 3.05) is 7.05 Å². The molecule has 0 bridgehead atoms. The quantitative estimate of drug-likeness (QED) is 0.514. The zero-order chi connectivity index (χ0) is 20.9. The predicted octanol–water partition coefficient (Wildman–Crippen LogP) is 2.99. The summed E-state index contributed by atoms with van der Waals surface area (Å²) in [7, 11) is 1.54. The largest absolute Gasteiger partial charge is 0.427 e. The summed E-state index contributed by atoms with van der Waals surface area (Å²) >= 11 is 0.335. The van der Waals surface area contributed by atoms with E-state index in [9.17, 15) is 22.4 Å². The Kier molecular flexibility index (Phi) is 4.65. The number of aromatic nitrogens is 2. The smallest absolute Gasteiger partial charge is 0.346 e. The number of epoxide rings is 1. The molecule has 0 amide bonds. The van der Waals surface area contributed by atoms with Gasteiger partial charge in [0.15, 0.2) is 4.96 Å². The molecule has 2 atom stereocenters. The first-order chi connectivity index (χ1) is 13.7. The third-order valence-corrected chi connectivity index (χ3v) is 5.58. The first kappa shape index (κ1) is 19.5. The van der Waals surface area contributed by atoms with E-state index in [1.54, 1.807) is 6.07 Å². The van der Waals surface area contributed by atoms with Gasteiger partial charge in [0.25, 0.3) is 5.56 Å². The van der Waals surface area contributed by atoms with Crippen LogP contribution >= 0.6 is 11.3 Å². The average Bonchev–Trinajstić information content (AvgIpc) is 3.33. The fourth-order valence-corrected chi connectivity index (χ4v) is 4.18. The van der Waals surface area contributed by atoms with Crippen molar-refractivity contribution < 1.29 is 22.3 Å². The van der Waals surface area contributed by atoms with E-state index in [0.717, 1.165) is 10.5 Å². The summed E-state index contributed by atoms with van der Waals surface area (Å²) in [6, 6.07) is 7.00. The van der Waals surface area contributed by atoms with Crippen molar-refractivity contribution in [3.05, 3.63) is 67.8 Å². The number of fused-ring (bicyclic) bond motifs is 1. The summed E-state index contributed by atoms with van der Waals surface area (Å²) in [5.41, 5.74) is -0.948. The summed E-state index contributed by atoms with van der Waals surface area (Å²) in [5, 5.41) is 11.6. The van der Waals surface area contributed by atoms with Crippen LogP contribution < -0.4 is 10.9 Å². The van der Waals surface area contributed by atoms with E-state index in [1.165, 1.54) is 25.2 Å². The number of alkyl halides is 3. The maximum absolute atomic E-state index is 14.3. The number of thiazole rings is 1. The van der Waals surface area contributed by atoms with Gasteiger partial charge in [-0.1, -0.05) is 23.5 Å². The number of ether oxygens (including phenoxy) is 1. The standard InChI is InChI=1S/C18H12F4N4O2S/c1-24-16-14(28-16)13-15(18(20,21)22)29-17-25-10(6-11(27)26(13)17)5-8-3-2-4-9(7-23)12(8)19/h2-4,6,14,16,24H,5H2,1H3. The molecule has 4 rings (SSSR count). The minimum Gasteiger partial charge on any atom is -0.346 e. The van der Waals surface area contributed by atoms with Crippen molar-refractivity contribution in [2.45, 2.75) is 24.9 Å². The maximum Gasteiger partial charge on any atom is 0.427 e. The van der Waals surface area contributed by atoms with E-state index in [4.69, 9.17) is 10.00 Å². The molecule has 1 aromatic carbocycles. The van der Waals surface area contributed by atoms with E-state index < -0.39 is 34.8 Å². The van der Waals surface area contributed by atoms with Crippen LogP contribution in [0, 0.1) is 17.1 Å². The fourth-order valence-electron chi connectivity index (χ4n) is 3.13. The molecule has 0 radical (unpaired) electrons. The van der Waals surface area contributed by atoms with Gasteiger partial charge in [-0.3, -0.25) is 14.5 Å². The minimum atomic E-state index is -4.68. The molecule has 29 heavy (non-hydrogen) atoms. The molecular formula is C18H12F4N4O2S. The van der Waals surface area contributed by atoms with Crippen molar-refractivity contribution in [1.82, 2.24) is 14.7 Å².